The molecule has 37 heavy (non-hydrogen) atoms. The maximum atomic E-state index is 12.5. The zero-order chi connectivity index (χ0) is 25.4. The highest BCUT2D eigenvalue weighted by Gasteiger charge is 2.31. The number of benzene rings is 2. The molecule has 0 radical (unpaired) electrons. The van der Waals surface area contributed by atoms with Crippen molar-refractivity contribution in [3.8, 4) is 17.6 Å². The molecule has 0 spiro atoms. The van der Waals surface area contributed by atoms with E-state index in [4.69, 9.17) is 4.98 Å². The molecular weight excluding hydrogens is 479 g/mol. The van der Waals surface area contributed by atoms with Crippen LogP contribution in [0.1, 0.15) is 47.1 Å². The van der Waals surface area contributed by atoms with Crippen LogP contribution in [0.3, 0.4) is 0 Å². The van der Waals surface area contributed by atoms with Crippen LogP contribution in [-0.2, 0) is 6.42 Å². The van der Waals surface area contributed by atoms with E-state index in [1.165, 1.54) is 18.2 Å². The van der Waals surface area contributed by atoms with Gasteiger partial charge in [0.2, 0.25) is 0 Å². The fraction of sp³-hybridized carbons (Fsp3) is 0.250. The van der Waals surface area contributed by atoms with Crippen molar-refractivity contribution in [1.29, 1.82) is 0 Å². The number of rotatable bonds is 3. The molecule has 0 saturated carbocycles. The van der Waals surface area contributed by atoms with Crippen LogP contribution in [0.25, 0.3) is 16.6 Å². The van der Waals surface area contributed by atoms with Crippen LogP contribution in [0, 0.1) is 11.8 Å². The lowest BCUT2D eigenvalue weighted by Crippen LogP contribution is -2.31. The van der Waals surface area contributed by atoms with Crippen molar-refractivity contribution < 1.29 is 17.9 Å². The monoisotopic (exact) mass is 501 g/mol. The summed E-state index contributed by atoms with van der Waals surface area (Å²) in [4.78, 5) is 13.9. The number of halogens is 3. The quantitative estimate of drug-likeness (QED) is 0.399. The molecule has 1 fully saturated rings. The number of nitrogens with zero attached hydrogens (tertiary/aromatic N) is 4. The minimum Gasteiger partial charge on any atom is -0.406 e. The Balaban J connectivity index is 1.29. The second kappa shape index (κ2) is 9.37. The minimum atomic E-state index is -4.76. The van der Waals surface area contributed by atoms with E-state index in [-0.39, 0.29) is 5.75 Å². The van der Waals surface area contributed by atoms with Gasteiger partial charge in [-0.05, 0) is 61.2 Å². The predicted octanol–water partition coefficient (Wildman–Crippen LogP) is 5.04. The molecule has 1 atom stereocenters. The van der Waals surface area contributed by atoms with Crippen molar-refractivity contribution in [3.05, 3.63) is 89.3 Å². The number of ether oxygens (including phenoxy) is 1. The number of nitrogens with one attached hydrogen (secondary N) is 1. The van der Waals surface area contributed by atoms with E-state index in [9.17, 15) is 13.2 Å². The van der Waals surface area contributed by atoms with Gasteiger partial charge >= 0.3 is 6.36 Å². The average molecular weight is 502 g/mol. The molecule has 186 valence electrons. The van der Waals surface area contributed by atoms with Gasteiger partial charge in [0, 0.05) is 30.1 Å². The summed E-state index contributed by atoms with van der Waals surface area (Å²) in [7, 11) is 0. The fourth-order valence-corrected chi connectivity index (χ4v) is 4.85. The molecule has 2 aromatic heterocycles. The summed E-state index contributed by atoms with van der Waals surface area (Å²) in [5, 5.41) is 3.47. The van der Waals surface area contributed by atoms with E-state index < -0.39 is 6.36 Å². The summed E-state index contributed by atoms with van der Waals surface area (Å²) in [5.74, 6) is 5.47. The van der Waals surface area contributed by atoms with E-state index >= 15 is 0 Å². The first-order valence-corrected chi connectivity index (χ1v) is 12.0. The molecule has 6 rings (SSSR count). The van der Waals surface area contributed by atoms with Crippen molar-refractivity contribution in [2.24, 2.45) is 0 Å². The van der Waals surface area contributed by atoms with Crippen LogP contribution in [0.2, 0.25) is 0 Å². The number of aromatic nitrogens is 4. The molecule has 2 aromatic carbocycles. The normalized spacial score (nSPS) is 17.2. The van der Waals surface area contributed by atoms with Crippen LogP contribution in [0.5, 0.6) is 5.75 Å². The van der Waals surface area contributed by atoms with Gasteiger partial charge in [0.25, 0.3) is 0 Å². The molecule has 6 nitrogen and oxygen atoms in total. The smallest absolute Gasteiger partial charge is 0.406 e. The van der Waals surface area contributed by atoms with Gasteiger partial charge in [0.05, 0.1) is 34.9 Å². The summed E-state index contributed by atoms with van der Waals surface area (Å²) in [6, 6.07) is 12.2. The van der Waals surface area contributed by atoms with Gasteiger partial charge in [0.1, 0.15) is 11.4 Å². The maximum absolute atomic E-state index is 12.5. The summed E-state index contributed by atoms with van der Waals surface area (Å²) >= 11 is 0. The Morgan fingerprint density at radius 3 is 2.84 bits per heavy atom. The summed E-state index contributed by atoms with van der Waals surface area (Å²) in [6.45, 7) is 1.98. The molecule has 1 saturated heterocycles. The van der Waals surface area contributed by atoms with Gasteiger partial charge in [-0.1, -0.05) is 24.1 Å². The summed E-state index contributed by atoms with van der Waals surface area (Å²) in [6.07, 6.45) is 3.80. The lowest BCUT2D eigenvalue weighted by atomic mass is 10.0. The molecule has 0 amide bonds. The topological polar surface area (TPSA) is 64.9 Å². The number of hydrogen-bond donors (Lipinski definition) is 1. The molecule has 1 unspecified atom stereocenters. The van der Waals surface area contributed by atoms with Gasteiger partial charge in [0.15, 0.2) is 0 Å². The van der Waals surface area contributed by atoms with E-state index in [2.05, 4.69) is 48.6 Å². The van der Waals surface area contributed by atoms with Crippen LogP contribution < -0.4 is 10.1 Å². The number of piperidine rings is 1. The second-order valence-electron chi connectivity index (χ2n) is 9.05. The summed E-state index contributed by atoms with van der Waals surface area (Å²) in [5.41, 5.74) is 6.53. The largest absolute Gasteiger partial charge is 0.573 e. The number of imidazole rings is 1. The van der Waals surface area contributed by atoms with Gasteiger partial charge in [-0.2, -0.15) is 0 Å². The Morgan fingerprint density at radius 2 is 2.00 bits per heavy atom. The van der Waals surface area contributed by atoms with Crippen molar-refractivity contribution in [1.82, 2.24) is 24.8 Å². The highest BCUT2D eigenvalue weighted by atomic mass is 19.4. The zero-order valence-electron chi connectivity index (χ0n) is 19.7. The van der Waals surface area contributed by atoms with Gasteiger partial charge in [-0.25, -0.2) is 9.97 Å². The molecule has 3 heterocycles. The highest BCUT2D eigenvalue weighted by Crippen LogP contribution is 2.33. The Bertz CT molecular complexity index is 1570. The van der Waals surface area contributed by atoms with E-state index in [1.807, 2.05) is 18.5 Å². The van der Waals surface area contributed by atoms with Crippen LogP contribution in [-0.4, -0.2) is 39.0 Å². The first-order valence-electron chi connectivity index (χ1n) is 12.0. The predicted molar refractivity (Wildman–Crippen MR) is 133 cm³/mol. The first kappa shape index (κ1) is 23.3. The average Bonchev–Trinajstić information content (AvgIpc) is 3.51. The van der Waals surface area contributed by atoms with Crippen LogP contribution in [0.4, 0.5) is 13.2 Å². The Morgan fingerprint density at radius 1 is 1.08 bits per heavy atom. The Labute approximate surface area is 211 Å². The number of alkyl halides is 3. The lowest BCUT2D eigenvalue weighted by Gasteiger charge is -2.24. The molecular formula is C28H22F3N5O. The molecule has 0 bridgehead atoms. The van der Waals surface area contributed by atoms with Gasteiger partial charge in [-0.15, -0.1) is 13.2 Å². The van der Waals surface area contributed by atoms with E-state index in [0.29, 0.717) is 23.7 Å². The van der Waals surface area contributed by atoms with Crippen molar-refractivity contribution in [2.45, 2.75) is 31.7 Å². The summed E-state index contributed by atoms with van der Waals surface area (Å²) < 4.78 is 43.8. The van der Waals surface area contributed by atoms with Crippen molar-refractivity contribution in [2.75, 3.05) is 13.1 Å². The Hall–Kier alpha value is -4.16. The minimum absolute atomic E-state index is 0.316. The third-order valence-corrected chi connectivity index (χ3v) is 6.56. The molecule has 9 heteroatoms. The van der Waals surface area contributed by atoms with Gasteiger partial charge in [-0.3, -0.25) is 4.98 Å². The third kappa shape index (κ3) is 4.93. The Kier molecular flexibility index (Phi) is 5.89. The third-order valence-electron chi connectivity index (χ3n) is 6.56. The molecule has 2 aliphatic rings. The van der Waals surface area contributed by atoms with Gasteiger partial charge < -0.3 is 14.6 Å². The van der Waals surface area contributed by atoms with Crippen molar-refractivity contribution >= 4 is 16.6 Å². The second-order valence-corrected chi connectivity index (χ2v) is 9.05. The zero-order valence-corrected chi connectivity index (χ0v) is 19.7. The SMILES string of the molecule is FC(F)(F)Oc1cccc(C#Cc2cnc3c(n2)C(c2ccc4ncn(C5CCCNC5)c4c2)=CC3)c1. The molecule has 1 aliphatic heterocycles. The number of fused-ring (bicyclic) bond motifs is 2. The lowest BCUT2D eigenvalue weighted by molar-refractivity contribution is -0.274. The fourth-order valence-electron chi connectivity index (χ4n) is 4.85. The van der Waals surface area contributed by atoms with E-state index in [1.54, 1.807) is 12.3 Å². The van der Waals surface area contributed by atoms with Crippen LogP contribution in [0.15, 0.2) is 61.1 Å². The standard InChI is InChI=1S/C28H22F3N5O/c29-28(30,31)37-22-5-1-3-18(13-22)6-8-20-15-33-25-11-9-23(27(25)35-20)19-7-10-24-26(14-19)36(17-34-24)21-4-2-12-32-16-21/h1,3,5,7,9-10,13-15,17,21,32H,2,4,11-12,16H2. The first-order chi connectivity index (χ1) is 17.9. The number of hydrogen-bond acceptors (Lipinski definition) is 5. The van der Waals surface area contributed by atoms with Crippen LogP contribution >= 0.6 is 0 Å². The number of allylic oxidation sites excluding steroid dienone is 1. The van der Waals surface area contributed by atoms with Crippen molar-refractivity contribution in [3.63, 3.8) is 0 Å². The molecule has 4 aromatic rings. The molecule has 1 N–H and O–H groups in total. The molecule has 1 aliphatic carbocycles. The maximum Gasteiger partial charge on any atom is 0.573 e. The highest BCUT2D eigenvalue weighted by molar-refractivity contribution is 5.87. The van der Waals surface area contributed by atoms with E-state index in [0.717, 1.165) is 59.5 Å².